The molecule has 1 aromatic heterocycles. The number of carbonyl (C=O) groups is 2. The third-order valence-corrected chi connectivity index (χ3v) is 6.54. The van der Waals surface area contributed by atoms with Crippen molar-refractivity contribution < 1.29 is 23.5 Å². The fraction of sp³-hybridized carbons (Fsp3) is 0.400. The summed E-state index contributed by atoms with van der Waals surface area (Å²) in [5, 5.41) is 2.96. The Morgan fingerprint density at radius 2 is 1.72 bits per heavy atom. The molecule has 1 aliphatic rings. The molecule has 2 aromatic carbocycles. The van der Waals surface area contributed by atoms with Crippen LogP contribution in [0.1, 0.15) is 24.7 Å². The summed E-state index contributed by atoms with van der Waals surface area (Å²) in [7, 11) is 0. The highest BCUT2D eigenvalue weighted by Gasteiger charge is 2.24. The smallest absolute Gasteiger partial charge is 0.322 e. The van der Waals surface area contributed by atoms with Gasteiger partial charge in [0, 0.05) is 32.7 Å². The van der Waals surface area contributed by atoms with Gasteiger partial charge in [0.15, 0.2) is 0 Å². The largest absolute Gasteiger partial charge is 0.492 e. The summed E-state index contributed by atoms with van der Waals surface area (Å²) < 4.78 is 16.7. The summed E-state index contributed by atoms with van der Waals surface area (Å²) >= 11 is 0. The van der Waals surface area contributed by atoms with Crippen LogP contribution in [0.4, 0.5) is 10.5 Å². The van der Waals surface area contributed by atoms with Gasteiger partial charge in [-0.15, -0.1) is 0 Å². The molecule has 9 nitrogen and oxygen atoms in total. The van der Waals surface area contributed by atoms with Crippen molar-refractivity contribution in [3.05, 3.63) is 84.3 Å². The first-order valence-electron chi connectivity index (χ1n) is 13.5. The molecule has 0 radical (unpaired) electrons. The maximum atomic E-state index is 13.7. The molecule has 3 aromatic rings. The number of para-hydroxylation sites is 2. The Kier molecular flexibility index (Phi) is 10.8. The van der Waals surface area contributed by atoms with Crippen molar-refractivity contribution in [3.63, 3.8) is 0 Å². The second kappa shape index (κ2) is 14.9. The van der Waals surface area contributed by atoms with E-state index in [9.17, 15) is 9.59 Å². The Labute approximate surface area is 230 Å². The van der Waals surface area contributed by atoms with Gasteiger partial charge in [-0.3, -0.25) is 9.69 Å². The lowest BCUT2D eigenvalue weighted by Gasteiger charge is -2.30. The van der Waals surface area contributed by atoms with Gasteiger partial charge >= 0.3 is 6.03 Å². The van der Waals surface area contributed by atoms with Crippen molar-refractivity contribution in [1.29, 1.82) is 0 Å². The average molecular weight is 535 g/mol. The number of hydrogen-bond donors (Lipinski definition) is 1. The third kappa shape index (κ3) is 8.87. The number of urea groups is 1. The number of carbonyl (C=O) groups excluding carboxylic acids is 2. The monoisotopic (exact) mass is 534 g/mol. The zero-order chi connectivity index (χ0) is 27.3. The molecule has 0 bridgehead atoms. The summed E-state index contributed by atoms with van der Waals surface area (Å²) in [6.07, 6.45) is 2.34. The minimum Gasteiger partial charge on any atom is -0.492 e. The van der Waals surface area contributed by atoms with E-state index >= 15 is 0 Å². The summed E-state index contributed by atoms with van der Waals surface area (Å²) in [6, 6.07) is 20.5. The lowest BCUT2D eigenvalue weighted by molar-refractivity contribution is -0.133. The van der Waals surface area contributed by atoms with Gasteiger partial charge in [-0.2, -0.15) is 0 Å². The molecule has 1 saturated heterocycles. The fourth-order valence-electron chi connectivity index (χ4n) is 4.50. The van der Waals surface area contributed by atoms with E-state index in [0.29, 0.717) is 43.4 Å². The Morgan fingerprint density at radius 1 is 0.949 bits per heavy atom. The zero-order valence-electron chi connectivity index (χ0n) is 22.6. The maximum absolute atomic E-state index is 13.7. The number of morpholine rings is 1. The number of rotatable bonds is 13. The number of nitrogens with zero attached hydrogens (tertiary/aromatic N) is 3. The van der Waals surface area contributed by atoms with E-state index in [1.165, 1.54) is 0 Å². The molecule has 0 spiro atoms. The molecule has 0 saturated carbocycles. The first-order valence-corrected chi connectivity index (χ1v) is 13.5. The first kappa shape index (κ1) is 28.2. The minimum absolute atomic E-state index is 0.0563. The lowest BCUT2D eigenvalue weighted by Crippen LogP contribution is -2.45. The molecule has 0 aliphatic carbocycles. The van der Waals surface area contributed by atoms with Gasteiger partial charge in [0.1, 0.15) is 18.1 Å². The molecule has 1 aliphatic heterocycles. The van der Waals surface area contributed by atoms with Crippen molar-refractivity contribution in [1.82, 2.24) is 14.7 Å². The van der Waals surface area contributed by atoms with Crippen LogP contribution in [0.25, 0.3) is 0 Å². The van der Waals surface area contributed by atoms with Gasteiger partial charge in [-0.05, 0) is 43.2 Å². The van der Waals surface area contributed by atoms with Gasteiger partial charge in [-0.1, -0.05) is 42.5 Å². The maximum Gasteiger partial charge on any atom is 0.322 e. The van der Waals surface area contributed by atoms with Crippen LogP contribution in [0.3, 0.4) is 0 Å². The van der Waals surface area contributed by atoms with E-state index in [1.807, 2.05) is 67.6 Å². The number of nitrogens with one attached hydrogen (secondary N) is 1. The standard InChI is InChI=1S/C30H38N4O5/c1-2-38-28-14-7-6-13-27(28)31-30(36)33(16-9-15-32-17-20-37-21-18-32)24-29(35)34(23-26-12-8-19-39-26)22-25-10-4-3-5-11-25/h3-8,10-14,19H,2,9,15-18,20-24H2,1H3,(H,31,36). The number of hydrogen-bond acceptors (Lipinski definition) is 6. The van der Waals surface area contributed by atoms with E-state index in [4.69, 9.17) is 13.9 Å². The highest BCUT2D eigenvalue weighted by atomic mass is 16.5. The predicted octanol–water partition coefficient (Wildman–Crippen LogP) is 4.46. The number of anilines is 1. The Hall–Kier alpha value is -3.82. The summed E-state index contributed by atoms with van der Waals surface area (Å²) in [5.74, 6) is 1.12. The molecule has 1 fully saturated rings. The molecule has 39 heavy (non-hydrogen) atoms. The van der Waals surface area contributed by atoms with Gasteiger partial charge in [0.05, 0.1) is 38.3 Å². The Bertz CT molecular complexity index is 1150. The third-order valence-electron chi connectivity index (χ3n) is 6.54. The van der Waals surface area contributed by atoms with Crippen molar-refractivity contribution in [2.45, 2.75) is 26.4 Å². The van der Waals surface area contributed by atoms with Crippen molar-refractivity contribution in [3.8, 4) is 5.75 Å². The molecule has 0 atom stereocenters. The van der Waals surface area contributed by atoms with Gasteiger partial charge < -0.3 is 29.0 Å². The van der Waals surface area contributed by atoms with Crippen LogP contribution in [-0.4, -0.2) is 79.2 Å². The highest BCUT2D eigenvalue weighted by Crippen LogP contribution is 2.24. The molecule has 9 heteroatoms. The molecule has 4 rings (SSSR count). The van der Waals surface area contributed by atoms with Crippen LogP contribution >= 0.6 is 0 Å². The van der Waals surface area contributed by atoms with Crippen LogP contribution in [0.15, 0.2) is 77.4 Å². The topological polar surface area (TPSA) is 87.5 Å². The quantitative estimate of drug-likeness (QED) is 0.348. The molecule has 208 valence electrons. The van der Waals surface area contributed by atoms with Crippen LogP contribution in [-0.2, 0) is 22.6 Å². The summed E-state index contributed by atoms with van der Waals surface area (Å²) in [4.78, 5) is 32.8. The van der Waals surface area contributed by atoms with E-state index in [2.05, 4.69) is 10.2 Å². The van der Waals surface area contributed by atoms with Gasteiger partial charge in [0.25, 0.3) is 0 Å². The second-order valence-corrected chi connectivity index (χ2v) is 9.40. The first-order chi connectivity index (χ1) is 19.1. The number of amides is 3. The van der Waals surface area contributed by atoms with Crippen molar-refractivity contribution in [2.75, 3.05) is 57.9 Å². The zero-order valence-corrected chi connectivity index (χ0v) is 22.6. The lowest BCUT2D eigenvalue weighted by atomic mass is 10.2. The highest BCUT2D eigenvalue weighted by molar-refractivity contribution is 5.93. The number of furan rings is 1. The fourth-order valence-corrected chi connectivity index (χ4v) is 4.50. The predicted molar refractivity (Wildman–Crippen MR) is 149 cm³/mol. The van der Waals surface area contributed by atoms with Crippen LogP contribution in [0.5, 0.6) is 5.75 Å². The van der Waals surface area contributed by atoms with E-state index in [1.54, 1.807) is 22.1 Å². The Morgan fingerprint density at radius 3 is 2.46 bits per heavy atom. The van der Waals surface area contributed by atoms with Gasteiger partial charge in [-0.25, -0.2) is 4.79 Å². The van der Waals surface area contributed by atoms with E-state index in [0.717, 1.165) is 44.8 Å². The summed E-state index contributed by atoms with van der Waals surface area (Å²) in [5.41, 5.74) is 1.58. The molecule has 2 heterocycles. The summed E-state index contributed by atoms with van der Waals surface area (Å²) in [6.45, 7) is 7.51. The molecular weight excluding hydrogens is 496 g/mol. The molecule has 1 N–H and O–H groups in total. The minimum atomic E-state index is -0.338. The van der Waals surface area contributed by atoms with Crippen LogP contribution in [0.2, 0.25) is 0 Å². The normalized spacial score (nSPS) is 13.6. The van der Waals surface area contributed by atoms with Gasteiger partial charge in [0.2, 0.25) is 5.91 Å². The SMILES string of the molecule is CCOc1ccccc1NC(=O)N(CCCN1CCOCC1)CC(=O)N(Cc1ccccc1)Cc1ccco1. The van der Waals surface area contributed by atoms with Crippen LogP contribution < -0.4 is 10.1 Å². The molecular formula is C30H38N4O5. The Balaban J connectivity index is 1.48. The molecule has 3 amide bonds. The second-order valence-electron chi connectivity index (χ2n) is 9.40. The number of ether oxygens (including phenoxy) is 2. The average Bonchev–Trinajstić information content (AvgIpc) is 3.48. The van der Waals surface area contributed by atoms with Crippen molar-refractivity contribution in [2.24, 2.45) is 0 Å². The van der Waals surface area contributed by atoms with E-state index < -0.39 is 0 Å². The van der Waals surface area contributed by atoms with Crippen LogP contribution in [0, 0.1) is 0 Å². The number of benzene rings is 2. The van der Waals surface area contributed by atoms with Crippen molar-refractivity contribution >= 4 is 17.6 Å². The van der Waals surface area contributed by atoms with E-state index in [-0.39, 0.29) is 18.5 Å². The molecule has 0 unspecified atom stereocenters.